The van der Waals surface area contributed by atoms with E-state index in [1.165, 1.54) is 12.1 Å². The van der Waals surface area contributed by atoms with Crippen LogP contribution < -0.4 is 5.32 Å². The van der Waals surface area contributed by atoms with Gasteiger partial charge in [-0.3, -0.25) is 9.69 Å². The number of carbonyl (C=O) groups excluding carboxylic acids is 1. The molecule has 1 aliphatic heterocycles. The van der Waals surface area contributed by atoms with Crippen molar-refractivity contribution in [1.82, 2.24) is 24.8 Å². The molecule has 2 aromatic heterocycles. The zero-order chi connectivity index (χ0) is 23.7. The molecule has 3 heterocycles. The number of piperazine rings is 1. The molecule has 2 fully saturated rings. The number of para-hydroxylation sites is 1. The molecule has 2 N–H and O–H groups in total. The lowest BCUT2D eigenvalue weighted by Gasteiger charge is -2.42. The number of hydrogen-bond donors (Lipinski definition) is 2. The summed E-state index contributed by atoms with van der Waals surface area (Å²) in [7, 11) is 0. The number of rotatable bonds is 5. The first-order chi connectivity index (χ1) is 16.5. The summed E-state index contributed by atoms with van der Waals surface area (Å²) in [6.07, 6.45) is 9.04. The van der Waals surface area contributed by atoms with Gasteiger partial charge in [0.15, 0.2) is 0 Å². The first kappa shape index (κ1) is 22.8. The van der Waals surface area contributed by atoms with Gasteiger partial charge in [0, 0.05) is 55.4 Å². The summed E-state index contributed by atoms with van der Waals surface area (Å²) < 4.78 is 14.1. The Balaban J connectivity index is 1.28. The zero-order valence-electron chi connectivity index (χ0n) is 18.9. The lowest BCUT2D eigenvalue weighted by molar-refractivity contribution is -0.128. The average Bonchev–Trinajstić information content (AvgIpc) is 3.30. The van der Waals surface area contributed by atoms with E-state index < -0.39 is 0 Å². The van der Waals surface area contributed by atoms with Crippen LogP contribution in [0.4, 0.5) is 10.3 Å². The van der Waals surface area contributed by atoms with E-state index in [-0.39, 0.29) is 17.8 Å². The molecule has 3 aromatic rings. The Bertz CT molecular complexity index is 1210. The number of fused-ring (bicyclic) bond motifs is 1. The summed E-state index contributed by atoms with van der Waals surface area (Å²) in [5, 5.41) is 4.66. The first-order valence-electron chi connectivity index (χ1n) is 11.7. The standard InChI is InChI=1S/C25H28ClFN6O/c1-2-22(34)33-11-9-32(10-12-33)17-6-3-5-16(13-17)30-25-29-15-20(26)23(31-25)19-14-28-24-18(19)7-4-8-21(24)27/h2,4,7-8,14-17,28H,1,3,5-6,9-13H2,(H,29,30,31)/t16-,17+/m1/s1. The number of nitrogens with one attached hydrogen (secondary N) is 2. The molecule has 5 rings (SSSR count). The Morgan fingerprint density at radius 3 is 2.88 bits per heavy atom. The molecule has 1 aliphatic carbocycles. The minimum Gasteiger partial charge on any atom is -0.358 e. The predicted molar refractivity (Wildman–Crippen MR) is 132 cm³/mol. The van der Waals surface area contributed by atoms with Crippen molar-refractivity contribution in [2.45, 2.75) is 37.8 Å². The molecule has 34 heavy (non-hydrogen) atoms. The van der Waals surface area contributed by atoms with E-state index in [2.05, 4.69) is 26.8 Å². The Morgan fingerprint density at radius 2 is 2.09 bits per heavy atom. The summed E-state index contributed by atoms with van der Waals surface area (Å²) in [5.41, 5.74) is 1.76. The average molecular weight is 483 g/mol. The van der Waals surface area contributed by atoms with Crippen LogP contribution in [0.5, 0.6) is 0 Å². The normalized spacial score (nSPS) is 21.5. The van der Waals surface area contributed by atoms with E-state index in [0.29, 0.717) is 28.2 Å². The number of benzene rings is 1. The van der Waals surface area contributed by atoms with Crippen molar-refractivity contribution >= 4 is 34.4 Å². The van der Waals surface area contributed by atoms with Gasteiger partial charge in [-0.1, -0.05) is 30.3 Å². The minimum absolute atomic E-state index is 0.0106. The van der Waals surface area contributed by atoms with E-state index in [1.54, 1.807) is 18.5 Å². The van der Waals surface area contributed by atoms with Gasteiger partial charge in [-0.15, -0.1) is 0 Å². The third-order valence-corrected chi connectivity index (χ3v) is 7.24. The summed E-state index contributed by atoms with van der Waals surface area (Å²) in [6, 6.07) is 5.67. The monoisotopic (exact) mass is 482 g/mol. The Kier molecular flexibility index (Phi) is 6.52. The molecule has 2 atom stereocenters. The van der Waals surface area contributed by atoms with Crippen LogP contribution in [0.25, 0.3) is 22.2 Å². The minimum atomic E-state index is -0.310. The number of aromatic amines is 1. The molecule has 1 saturated carbocycles. The smallest absolute Gasteiger partial charge is 0.246 e. The van der Waals surface area contributed by atoms with Gasteiger partial charge in [-0.25, -0.2) is 14.4 Å². The number of hydrogen-bond acceptors (Lipinski definition) is 5. The second-order valence-corrected chi connectivity index (χ2v) is 9.39. The van der Waals surface area contributed by atoms with Crippen LogP contribution in [-0.4, -0.2) is 68.9 Å². The molecule has 2 aliphatic rings. The molecule has 0 bridgehead atoms. The third kappa shape index (κ3) is 4.52. The van der Waals surface area contributed by atoms with Crippen LogP contribution in [0.1, 0.15) is 25.7 Å². The van der Waals surface area contributed by atoms with Crippen LogP contribution in [0.15, 0.2) is 43.2 Å². The first-order valence-corrected chi connectivity index (χ1v) is 12.1. The van der Waals surface area contributed by atoms with Gasteiger partial charge in [0.1, 0.15) is 5.82 Å². The van der Waals surface area contributed by atoms with E-state index in [4.69, 9.17) is 16.6 Å². The molecule has 0 spiro atoms. The van der Waals surface area contributed by atoms with E-state index in [9.17, 15) is 9.18 Å². The molecule has 178 valence electrons. The van der Waals surface area contributed by atoms with Gasteiger partial charge in [-0.2, -0.15) is 0 Å². The van der Waals surface area contributed by atoms with Crippen molar-refractivity contribution < 1.29 is 9.18 Å². The fourth-order valence-corrected chi connectivity index (χ4v) is 5.38. The molecule has 9 heteroatoms. The van der Waals surface area contributed by atoms with E-state index >= 15 is 0 Å². The number of aromatic nitrogens is 3. The summed E-state index contributed by atoms with van der Waals surface area (Å²) >= 11 is 6.44. The topological polar surface area (TPSA) is 77.2 Å². The number of nitrogens with zero attached hydrogens (tertiary/aromatic N) is 4. The highest BCUT2D eigenvalue weighted by atomic mass is 35.5. The number of H-pyrrole nitrogens is 1. The number of halogens is 2. The molecule has 0 unspecified atom stereocenters. The predicted octanol–water partition coefficient (Wildman–Crippen LogP) is 4.47. The van der Waals surface area contributed by atoms with Crippen LogP contribution in [0.3, 0.4) is 0 Å². The molecule has 1 amide bonds. The van der Waals surface area contributed by atoms with E-state index in [0.717, 1.165) is 62.8 Å². The Morgan fingerprint density at radius 1 is 1.26 bits per heavy atom. The van der Waals surface area contributed by atoms with Crippen molar-refractivity contribution in [1.29, 1.82) is 0 Å². The molecular weight excluding hydrogens is 455 g/mol. The maximum absolute atomic E-state index is 14.1. The maximum atomic E-state index is 14.1. The second kappa shape index (κ2) is 9.72. The van der Waals surface area contributed by atoms with Gasteiger partial charge in [0.2, 0.25) is 11.9 Å². The number of amides is 1. The highest BCUT2D eigenvalue weighted by Gasteiger charge is 2.30. The lowest BCUT2D eigenvalue weighted by Crippen LogP contribution is -2.53. The van der Waals surface area contributed by atoms with Crippen LogP contribution in [-0.2, 0) is 4.79 Å². The van der Waals surface area contributed by atoms with Gasteiger partial charge >= 0.3 is 0 Å². The third-order valence-electron chi connectivity index (χ3n) is 6.96. The SMILES string of the molecule is C=CC(=O)N1CCN([C@H]2CCC[C@@H](Nc3ncc(Cl)c(-c4c[nH]c5c(F)cccc45)n3)C2)CC1. The Labute approximate surface area is 203 Å². The van der Waals surface area contributed by atoms with Gasteiger partial charge < -0.3 is 15.2 Å². The molecule has 1 aromatic carbocycles. The molecule has 1 saturated heterocycles. The Hall–Kier alpha value is -2.97. The summed E-state index contributed by atoms with van der Waals surface area (Å²) in [5.74, 6) is 0.226. The highest BCUT2D eigenvalue weighted by Crippen LogP contribution is 2.34. The number of anilines is 1. The van der Waals surface area contributed by atoms with Crippen LogP contribution in [0.2, 0.25) is 5.02 Å². The van der Waals surface area contributed by atoms with Crippen LogP contribution in [0, 0.1) is 5.82 Å². The molecule has 7 nitrogen and oxygen atoms in total. The van der Waals surface area contributed by atoms with Crippen molar-refractivity contribution in [3.63, 3.8) is 0 Å². The van der Waals surface area contributed by atoms with Crippen LogP contribution >= 0.6 is 11.6 Å². The lowest BCUT2D eigenvalue weighted by atomic mass is 9.89. The fraction of sp³-hybridized carbons (Fsp3) is 0.400. The van der Waals surface area contributed by atoms with Crippen molar-refractivity contribution in [2.24, 2.45) is 0 Å². The van der Waals surface area contributed by atoms with Crippen molar-refractivity contribution in [3.05, 3.63) is 54.1 Å². The van der Waals surface area contributed by atoms with Gasteiger partial charge in [0.05, 0.1) is 22.4 Å². The summed E-state index contributed by atoms with van der Waals surface area (Å²) in [6.45, 7) is 6.85. The molecular formula is C25H28ClFN6O. The fourth-order valence-electron chi connectivity index (χ4n) is 5.18. The second-order valence-electron chi connectivity index (χ2n) is 8.98. The summed E-state index contributed by atoms with van der Waals surface area (Å²) in [4.78, 5) is 28.3. The zero-order valence-corrected chi connectivity index (χ0v) is 19.7. The quantitative estimate of drug-likeness (QED) is 0.525. The van der Waals surface area contributed by atoms with Crippen molar-refractivity contribution in [3.8, 4) is 11.3 Å². The largest absolute Gasteiger partial charge is 0.358 e. The number of carbonyl (C=O) groups is 1. The van der Waals surface area contributed by atoms with Gasteiger partial charge in [0.25, 0.3) is 0 Å². The van der Waals surface area contributed by atoms with Crippen molar-refractivity contribution in [2.75, 3.05) is 31.5 Å². The highest BCUT2D eigenvalue weighted by molar-refractivity contribution is 6.33. The van der Waals surface area contributed by atoms with E-state index in [1.807, 2.05) is 11.0 Å². The molecule has 0 radical (unpaired) electrons. The van der Waals surface area contributed by atoms with Gasteiger partial charge in [-0.05, 0) is 37.8 Å². The maximum Gasteiger partial charge on any atom is 0.246 e.